The highest BCUT2D eigenvalue weighted by atomic mass is 32.1. The van der Waals surface area contributed by atoms with Crippen LogP contribution in [-0.2, 0) is 11.2 Å². The van der Waals surface area contributed by atoms with Gasteiger partial charge >= 0.3 is 0 Å². The summed E-state index contributed by atoms with van der Waals surface area (Å²) in [7, 11) is 0. The van der Waals surface area contributed by atoms with Crippen LogP contribution in [0.3, 0.4) is 0 Å². The van der Waals surface area contributed by atoms with Crippen molar-refractivity contribution in [1.82, 2.24) is 0 Å². The molecule has 0 bridgehead atoms. The lowest BCUT2D eigenvalue weighted by Crippen LogP contribution is -2.25. The minimum absolute atomic E-state index is 0.0574. The normalized spacial score (nSPS) is 14.8. The van der Waals surface area contributed by atoms with Crippen LogP contribution in [0.25, 0.3) is 0 Å². The first-order chi connectivity index (χ1) is 13.0. The van der Waals surface area contributed by atoms with Gasteiger partial charge < -0.3 is 10.6 Å². The molecule has 1 aromatic heterocycles. The van der Waals surface area contributed by atoms with Gasteiger partial charge in [-0.25, -0.2) is 4.39 Å². The highest BCUT2D eigenvalue weighted by Gasteiger charge is 2.22. The Bertz CT molecular complexity index is 841. The highest BCUT2D eigenvalue weighted by molar-refractivity contribution is 7.14. The molecule has 0 unspecified atom stereocenters. The topological polar surface area (TPSA) is 58.2 Å². The third-order valence-corrected chi connectivity index (χ3v) is 6.17. The van der Waals surface area contributed by atoms with Crippen LogP contribution in [0.4, 0.5) is 15.8 Å². The van der Waals surface area contributed by atoms with E-state index in [9.17, 15) is 14.0 Å². The molecule has 3 rings (SSSR count). The van der Waals surface area contributed by atoms with Gasteiger partial charge in [0, 0.05) is 16.5 Å². The number of nitrogens with one attached hydrogen (secondary N) is 2. The van der Waals surface area contributed by atoms with Crippen molar-refractivity contribution in [3.63, 3.8) is 0 Å². The molecule has 4 nitrogen and oxygen atoms in total. The molecule has 2 N–H and O–H groups in total. The average Bonchev–Trinajstić information content (AvgIpc) is 3.06. The van der Waals surface area contributed by atoms with Crippen LogP contribution in [0.15, 0.2) is 24.3 Å². The SMILES string of the molecule is CCc1cc(C(=O)Nc2ccc(F)c(NC(=O)C3CCCCC3)c2)sc1C. The summed E-state index contributed by atoms with van der Waals surface area (Å²) in [5.74, 6) is -0.923. The molecule has 1 saturated carbocycles. The number of halogens is 1. The molecule has 144 valence electrons. The van der Waals surface area contributed by atoms with E-state index in [4.69, 9.17) is 0 Å². The zero-order valence-corrected chi connectivity index (χ0v) is 16.5. The van der Waals surface area contributed by atoms with Gasteiger partial charge in [-0.2, -0.15) is 0 Å². The fraction of sp³-hybridized carbons (Fsp3) is 0.429. The maximum Gasteiger partial charge on any atom is 0.265 e. The third-order valence-electron chi connectivity index (χ3n) is 5.08. The number of thiophene rings is 1. The summed E-state index contributed by atoms with van der Waals surface area (Å²) >= 11 is 1.45. The maximum absolute atomic E-state index is 14.1. The number of anilines is 2. The van der Waals surface area contributed by atoms with E-state index in [0.717, 1.165) is 49.0 Å². The summed E-state index contributed by atoms with van der Waals surface area (Å²) in [5, 5.41) is 5.49. The van der Waals surface area contributed by atoms with Gasteiger partial charge in [-0.15, -0.1) is 11.3 Å². The molecule has 0 atom stereocenters. The molecule has 1 aliphatic rings. The Balaban J connectivity index is 1.70. The lowest BCUT2D eigenvalue weighted by molar-refractivity contribution is -0.120. The summed E-state index contributed by atoms with van der Waals surface area (Å²) in [6.45, 7) is 4.05. The van der Waals surface area contributed by atoms with Crippen LogP contribution in [0.2, 0.25) is 0 Å². The molecule has 27 heavy (non-hydrogen) atoms. The van der Waals surface area contributed by atoms with Crippen molar-refractivity contribution in [2.45, 2.75) is 52.4 Å². The maximum atomic E-state index is 14.1. The Labute approximate surface area is 163 Å². The largest absolute Gasteiger partial charge is 0.323 e. The Morgan fingerprint density at radius 3 is 2.56 bits per heavy atom. The molecule has 2 amide bonds. The first-order valence-corrected chi connectivity index (χ1v) is 10.3. The number of carbonyl (C=O) groups is 2. The Morgan fingerprint density at radius 1 is 1.15 bits per heavy atom. The van der Waals surface area contributed by atoms with E-state index in [0.29, 0.717) is 10.6 Å². The smallest absolute Gasteiger partial charge is 0.265 e. The summed E-state index contributed by atoms with van der Waals surface area (Å²) < 4.78 is 14.1. The Hall–Kier alpha value is -2.21. The zero-order chi connectivity index (χ0) is 19.4. The number of aryl methyl sites for hydroxylation is 2. The molecular weight excluding hydrogens is 363 g/mol. The van der Waals surface area contributed by atoms with Crippen molar-refractivity contribution in [3.8, 4) is 0 Å². The number of hydrogen-bond donors (Lipinski definition) is 2. The van der Waals surface area contributed by atoms with E-state index >= 15 is 0 Å². The van der Waals surface area contributed by atoms with Gasteiger partial charge in [-0.1, -0.05) is 26.2 Å². The van der Waals surface area contributed by atoms with Crippen LogP contribution in [-0.4, -0.2) is 11.8 Å². The van der Waals surface area contributed by atoms with Gasteiger partial charge in [0.2, 0.25) is 5.91 Å². The van der Waals surface area contributed by atoms with E-state index < -0.39 is 5.82 Å². The van der Waals surface area contributed by atoms with Gasteiger partial charge in [-0.3, -0.25) is 9.59 Å². The quantitative estimate of drug-likeness (QED) is 0.708. The van der Waals surface area contributed by atoms with Crippen LogP contribution in [0.1, 0.15) is 59.1 Å². The second-order valence-electron chi connectivity index (χ2n) is 7.02. The monoisotopic (exact) mass is 388 g/mol. The predicted octanol–water partition coefficient (Wildman–Crippen LogP) is 5.53. The fourth-order valence-electron chi connectivity index (χ4n) is 3.47. The van der Waals surface area contributed by atoms with Crippen LogP contribution in [0.5, 0.6) is 0 Å². The molecule has 6 heteroatoms. The average molecular weight is 389 g/mol. The first kappa shape index (κ1) is 19.5. The standard InChI is InChI=1S/C21H25FN2O2S/c1-3-14-11-19(27-13(14)2)21(26)23-16-9-10-17(22)18(12-16)24-20(25)15-7-5-4-6-8-15/h9-12,15H,3-8H2,1-2H3,(H,23,26)(H,24,25). The molecule has 0 radical (unpaired) electrons. The van der Waals surface area contributed by atoms with Crippen molar-refractivity contribution in [2.24, 2.45) is 5.92 Å². The summed E-state index contributed by atoms with van der Waals surface area (Å²) in [6.07, 6.45) is 5.81. The Kier molecular flexibility index (Phi) is 6.26. The van der Waals surface area contributed by atoms with Gasteiger partial charge in [0.05, 0.1) is 10.6 Å². The van der Waals surface area contributed by atoms with E-state index in [1.165, 1.54) is 29.5 Å². The van der Waals surface area contributed by atoms with Gasteiger partial charge in [0.15, 0.2) is 0 Å². The third kappa shape index (κ3) is 4.75. The number of benzene rings is 1. The summed E-state index contributed by atoms with van der Waals surface area (Å²) in [4.78, 5) is 26.6. The molecule has 1 fully saturated rings. The molecule has 0 aliphatic heterocycles. The van der Waals surface area contributed by atoms with Crippen LogP contribution >= 0.6 is 11.3 Å². The van der Waals surface area contributed by atoms with E-state index in [-0.39, 0.29) is 23.4 Å². The van der Waals surface area contributed by atoms with Crippen molar-refractivity contribution in [2.75, 3.05) is 10.6 Å². The molecular formula is C21H25FN2O2S. The zero-order valence-electron chi connectivity index (χ0n) is 15.7. The first-order valence-electron chi connectivity index (χ1n) is 9.49. The summed E-state index contributed by atoms with van der Waals surface area (Å²) in [5.41, 5.74) is 1.73. The van der Waals surface area contributed by atoms with Gasteiger partial charge in [0.25, 0.3) is 5.91 Å². The van der Waals surface area contributed by atoms with Crippen molar-refractivity contribution < 1.29 is 14.0 Å². The number of carbonyl (C=O) groups excluding carboxylic acids is 2. The number of hydrogen-bond acceptors (Lipinski definition) is 3. The second kappa shape index (κ2) is 8.65. The van der Waals surface area contributed by atoms with Crippen molar-refractivity contribution in [3.05, 3.63) is 45.4 Å². The minimum Gasteiger partial charge on any atom is -0.323 e. The van der Waals surface area contributed by atoms with E-state index in [2.05, 4.69) is 17.6 Å². The van der Waals surface area contributed by atoms with Crippen LogP contribution < -0.4 is 10.6 Å². The number of amides is 2. The minimum atomic E-state index is -0.502. The van der Waals surface area contributed by atoms with Gasteiger partial charge in [-0.05, 0) is 56.0 Å². The Morgan fingerprint density at radius 2 is 1.89 bits per heavy atom. The molecule has 1 aromatic carbocycles. The highest BCUT2D eigenvalue weighted by Crippen LogP contribution is 2.27. The molecule has 0 saturated heterocycles. The second-order valence-corrected chi connectivity index (χ2v) is 8.27. The lowest BCUT2D eigenvalue weighted by Gasteiger charge is -2.21. The van der Waals surface area contributed by atoms with E-state index in [1.807, 2.05) is 13.0 Å². The van der Waals surface area contributed by atoms with Crippen molar-refractivity contribution >= 4 is 34.5 Å². The predicted molar refractivity (Wildman–Crippen MR) is 108 cm³/mol. The molecule has 1 heterocycles. The van der Waals surface area contributed by atoms with Crippen LogP contribution in [0, 0.1) is 18.7 Å². The number of rotatable bonds is 5. The fourth-order valence-corrected chi connectivity index (χ4v) is 4.48. The van der Waals surface area contributed by atoms with E-state index in [1.54, 1.807) is 0 Å². The van der Waals surface area contributed by atoms with Gasteiger partial charge in [0.1, 0.15) is 5.82 Å². The molecule has 2 aromatic rings. The lowest BCUT2D eigenvalue weighted by atomic mass is 9.88. The van der Waals surface area contributed by atoms with Crippen molar-refractivity contribution in [1.29, 1.82) is 0 Å². The summed E-state index contributed by atoms with van der Waals surface area (Å²) in [6, 6.07) is 6.15. The molecule has 1 aliphatic carbocycles. The molecule has 0 spiro atoms.